The average molecular weight is 357 g/mol. The minimum atomic E-state index is -0.527. The maximum atomic E-state index is 12.4. The highest BCUT2D eigenvalue weighted by atomic mass is 32.1. The molecule has 0 radical (unpaired) electrons. The van der Waals surface area contributed by atoms with E-state index >= 15 is 0 Å². The van der Waals surface area contributed by atoms with Crippen LogP contribution in [0.2, 0.25) is 0 Å². The second-order valence-corrected chi connectivity index (χ2v) is 6.82. The quantitative estimate of drug-likeness (QED) is 0.736. The maximum Gasteiger partial charge on any atom is 0.437 e. The van der Waals surface area contributed by atoms with Crippen LogP contribution in [-0.4, -0.2) is 21.7 Å². The molecule has 1 amide bonds. The molecule has 0 aliphatic rings. The fraction of sp³-hybridized carbons (Fsp3) is 0.278. The molecule has 0 aliphatic carbocycles. The summed E-state index contributed by atoms with van der Waals surface area (Å²) in [7, 11) is 0. The molecule has 2 aromatic heterocycles. The van der Waals surface area contributed by atoms with Crippen LogP contribution >= 0.6 is 11.3 Å². The number of hydrogen-bond acceptors (Lipinski definition) is 5. The van der Waals surface area contributed by atoms with E-state index in [2.05, 4.69) is 10.4 Å². The Morgan fingerprint density at radius 1 is 1.24 bits per heavy atom. The van der Waals surface area contributed by atoms with Gasteiger partial charge in [-0.05, 0) is 30.9 Å². The van der Waals surface area contributed by atoms with Gasteiger partial charge in [-0.2, -0.15) is 4.68 Å². The number of thiophene rings is 1. The first-order chi connectivity index (χ1) is 12.0. The third-order valence-electron chi connectivity index (χ3n) is 3.87. The van der Waals surface area contributed by atoms with Crippen LogP contribution in [0.5, 0.6) is 0 Å². The summed E-state index contributed by atoms with van der Waals surface area (Å²) in [5.41, 5.74) is 0.950. The highest BCUT2D eigenvalue weighted by Crippen LogP contribution is 2.21. The topological polar surface area (TPSA) is 77.1 Å². The molecule has 25 heavy (non-hydrogen) atoms. The van der Waals surface area contributed by atoms with E-state index < -0.39 is 5.76 Å². The van der Waals surface area contributed by atoms with E-state index in [1.54, 1.807) is 0 Å². The molecule has 0 spiro atoms. The molecule has 3 aromatic rings. The zero-order valence-corrected chi connectivity index (χ0v) is 14.8. The number of benzene rings is 1. The minimum Gasteiger partial charge on any atom is -0.387 e. The molecule has 130 valence electrons. The van der Waals surface area contributed by atoms with E-state index in [-0.39, 0.29) is 24.4 Å². The predicted octanol–water partition coefficient (Wildman–Crippen LogP) is 2.87. The molecule has 1 unspecified atom stereocenters. The van der Waals surface area contributed by atoms with Gasteiger partial charge in [-0.1, -0.05) is 36.4 Å². The van der Waals surface area contributed by atoms with E-state index in [0.717, 1.165) is 10.4 Å². The van der Waals surface area contributed by atoms with Crippen molar-refractivity contribution in [3.63, 3.8) is 0 Å². The van der Waals surface area contributed by atoms with Crippen molar-refractivity contribution in [2.75, 3.05) is 0 Å². The number of carbonyl (C=O) groups is 1. The summed E-state index contributed by atoms with van der Waals surface area (Å²) in [6, 6.07) is 13.0. The Labute approximate surface area is 149 Å². The van der Waals surface area contributed by atoms with Gasteiger partial charge in [0.15, 0.2) is 0 Å². The maximum absolute atomic E-state index is 12.4. The molecule has 1 N–H and O–H groups in total. The van der Waals surface area contributed by atoms with E-state index in [9.17, 15) is 9.59 Å². The molecule has 0 fully saturated rings. The van der Waals surface area contributed by atoms with Gasteiger partial charge in [0.2, 0.25) is 5.91 Å². The zero-order valence-electron chi connectivity index (χ0n) is 14.0. The van der Waals surface area contributed by atoms with E-state index in [1.807, 2.05) is 61.7 Å². The van der Waals surface area contributed by atoms with Crippen LogP contribution in [0.4, 0.5) is 0 Å². The Hall–Kier alpha value is -2.67. The molecular formula is C18H19N3O3S. The van der Waals surface area contributed by atoms with Gasteiger partial charge in [-0.3, -0.25) is 4.79 Å². The first-order valence-corrected chi connectivity index (χ1v) is 8.89. The largest absolute Gasteiger partial charge is 0.437 e. The van der Waals surface area contributed by atoms with Crippen LogP contribution in [0.1, 0.15) is 25.3 Å². The smallest absolute Gasteiger partial charge is 0.387 e. The van der Waals surface area contributed by atoms with Crippen molar-refractivity contribution in [3.05, 3.63) is 64.0 Å². The minimum absolute atomic E-state index is 0.0891. The summed E-state index contributed by atoms with van der Waals surface area (Å²) in [5.74, 6) is -0.579. The third-order valence-corrected chi connectivity index (χ3v) is 4.72. The summed E-state index contributed by atoms with van der Waals surface area (Å²) in [6.45, 7) is 3.94. The van der Waals surface area contributed by atoms with Crippen LogP contribution in [0.25, 0.3) is 10.8 Å². The summed E-state index contributed by atoms with van der Waals surface area (Å²) in [4.78, 5) is 25.1. The Bertz CT molecular complexity index is 884. The predicted molar refractivity (Wildman–Crippen MR) is 96.5 cm³/mol. The van der Waals surface area contributed by atoms with Gasteiger partial charge in [-0.25, -0.2) is 4.79 Å². The van der Waals surface area contributed by atoms with Gasteiger partial charge >= 0.3 is 5.76 Å². The molecule has 2 heterocycles. The fourth-order valence-electron chi connectivity index (χ4n) is 2.49. The lowest BCUT2D eigenvalue weighted by Crippen LogP contribution is -2.39. The fourth-order valence-corrected chi connectivity index (χ4v) is 3.13. The standard InChI is InChI=1S/C18H19N3O3S/c1-12(19-16(22)13(2)14-7-4-3-5-8-14)11-21-18(23)24-17(20-21)15-9-6-10-25-15/h3-10,12-13H,11H2,1-2H3,(H,19,22)/t12-,13?/m0/s1. The van der Waals surface area contributed by atoms with Crippen molar-refractivity contribution in [2.45, 2.75) is 32.4 Å². The van der Waals surface area contributed by atoms with Crippen molar-refractivity contribution < 1.29 is 9.21 Å². The van der Waals surface area contributed by atoms with Gasteiger partial charge in [0.1, 0.15) is 0 Å². The lowest BCUT2D eigenvalue weighted by atomic mass is 10.0. The highest BCUT2D eigenvalue weighted by molar-refractivity contribution is 7.13. The van der Waals surface area contributed by atoms with Gasteiger partial charge in [-0.15, -0.1) is 16.4 Å². The lowest BCUT2D eigenvalue weighted by molar-refractivity contribution is -0.122. The Morgan fingerprint density at radius 3 is 2.68 bits per heavy atom. The second kappa shape index (κ2) is 7.48. The first kappa shape index (κ1) is 17.2. The summed E-state index contributed by atoms with van der Waals surface area (Å²) >= 11 is 1.45. The Kier molecular flexibility index (Phi) is 5.14. The molecule has 0 saturated heterocycles. The van der Waals surface area contributed by atoms with Crippen molar-refractivity contribution >= 4 is 17.2 Å². The summed E-state index contributed by atoms with van der Waals surface area (Å²) in [5, 5.41) is 9.01. The molecule has 2 atom stereocenters. The molecule has 7 heteroatoms. The van der Waals surface area contributed by atoms with Gasteiger partial charge < -0.3 is 9.73 Å². The highest BCUT2D eigenvalue weighted by Gasteiger charge is 2.19. The van der Waals surface area contributed by atoms with E-state index in [0.29, 0.717) is 5.89 Å². The number of nitrogens with zero attached hydrogens (tertiary/aromatic N) is 2. The monoisotopic (exact) mass is 357 g/mol. The SMILES string of the molecule is CC(C(=O)N[C@@H](C)Cn1nc(-c2cccs2)oc1=O)c1ccccc1. The molecule has 3 rings (SSSR count). The van der Waals surface area contributed by atoms with Crippen molar-refractivity contribution in [1.82, 2.24) is 15.1 Å². The normalized spacial score (nSPS) is 13.4. The Balaban J connectivity index is 1.64. The van der Waals surface area contributed by atoms with Crippen LogP contribution in [0.3, 0.4) is 0 Å². The molecule has 0 saturated carbocycles. The van der Waals surface area contributed by atoms with E-state index in [4.69, 9.17) is 4.42 Å². The zero-order chi connectivity index (χ0) is 17.8. The van der Waals surface area contributed by atoms with Crippen LogP contribution in [0.15, 0.2) is 57.1 Å². The third kappa shape index (κ3) is 4.06. The number of carbonyl (C=O) groups excluding carboxylic acids is 1. The second-order valence-electron chi connectivity index (χ2n) is 5.87. The summed E-state index contributed by atoms with van der Waals surface area (Å²) < 4.78 is 6.42. The lowest BCUT2D eigenvalue weighted by Gasteiger charge is -2.17. The molecule has 6 nitrogen and oxygen atoms in total. The number of aromatic nitrogens is 2. The molecule has 0 bridgehead atoms. The Morgan fingerprint density at radius 2 is 2.00 bits per heavy atom. The van der Waals surface area contributed by atoms with Crippen molar-refractivity contribution in [3.8, 4) is 10.8 Å². The molecule has 0 aliphatic heterocycles. The number of hydrogen-bond donors (Lipinski definition) is 1. The molecular weight excluding hydrogens is 338 g/mol. The van der Waals surface area contributed by atoms with Crippen LogP contribution in [-0.2, 0) is 11.3 Å². The van der Waals surface area contributed by atoms with Gasteiger partial charge in [0.05, 0.1) is 17.3 Å². The first-order valence-electron chi connectivity index (χ1n) is 8.01. The number of amides is 1. The number of rotatable bonds is 6. The molecule has 1 aromatic carbocycles. The average Bonchev–Trinajstić information content (AvgIpc) is 3.25. The van der Waals surface area contributed by atoms with E-state index in [1.165, 1.54) is 16.0 Å². The van der Waals surface area contributed by atoms with Gasteiger partial charge in [0.25, 0.3) is 5.89 Å². The van der Waals surface area contributed by atoms with Gasteiger partial charge in [0, 0.05) is 6.04 Å². The summed E-state index contributed by atoms with van der Waals surface area (Å²) in [6.07, 6.45) is 0. The number of nitrogens with one attached hydrogen (secondary N) is 1. The van der Waals surface area contributed by atoms with Crippen LogP contribution < -0.4 is 11.1 Å². The van der Waals surface area contributed by atoms with Crippen LogP contribution in [0, 0.1) is 0 Å². The van der Waals surface area contributed by atoms with Crippen molar-refractivity contribution in [2.24, 2.45) is 0 Å². The van der Waals surface area contributed by atoms with Crippen molar-refractivity contribution in [1.29, 1.82) is 0 Å².